The van der Waals surface area contributed by atoms with Crippen LogP contribution in [0.1, 0.15) is 31.2 Å². The molecule has 1 nitrogen and oxygen atoms in total. The topological polar surface area (TPSA) is 9.23 Å². The molecule has 0 heterocycles. The first-order valence-electron chi connectivity index (χ1n) is 6.61. The molecule has 18 heavy (non-hydrogen) atoms. The summed E-state index contributed by atoms with van der Waals surface area (Å²) in [5, 5.41) is 1.01. The van der Waals surface area contributed by atoms with E-state index < -0.39 is 0 Å². The third-order valence-electron chi connectivity index (χ3n) is 3.78. The summed E-state index contributed by atoms with van der Waals surface area (Å²) >= 11 is 7.56. The minimum atomic E-state index is 0.238. The molecule has 0 amide bonds. The molecule has 1 fully saturated rings. The number of hydrogen-bond acceptors (Lipinski definition) is 1. The summed E-state index contributed by atoms with van der Waals surface area (Å²) in [5.74, 6) is 0.620. The van der Waals surface area contributed by atoms with Crippen LogP contribution in [0.3, 0.4) is 0 Å². The first-order chi connectivity index (χ1) is 8.74. The van der Waals surface area contributed by atoms with Gasteiger partial charge in [0.05, 0.1) is 13.2 Å². The van der Waals surface area contributed by atoms with E-state index in [1.54, 1.807) is 0 Å². The van der Waals surface area contributed by atoms with E-state index in [0.717, 1.165) is 18.5 Å². The minimum Gasteiger partial charge on any atom is -0.376 e. The summed E-state index contributed by atoms with van der Waals surface area (Å²) in [6.45, 7) is 1.58. The van der Waals surface area contributed by atoms with Crippen LogP contribution in [-0.2, 0) is 11.3 Å². The van der Waals surface area contributed by atoms with Crippen LogP contribution in [0.25, 0.3) is 0 Å². The van der Waals surface area contributed by atoms with Crippen LogP contribution in [0.5, 0.6) is 0 Å². The molecule has 2 atom stereocenters. The van der Waals surface area contributed by atoms with E-state index in [9.17, 15) is 0 Å². The standard InChI is InChI=1S/C15H20Br2O/c16-12-15(17)9-5-4-8-14(15)11-18-10-13-6-2-1-3-7-13/h1-3,6-7,14H,4-5,8-12H2/t14-,15-/m0/s1. The number of ether oxygens (including phenoxy) is 1. The molecule has 100 valence electrons. The molecule has 1 aliphatic rings. The summed E-state index contributed by atoms with van der Waals surface area (Å²) in [4.78, 5) is 0. The predicted molar refractivity (Wildman–Crippen MR) is 83.5 cm³/mol. The first-order valence-corrected chi connectivity index (χ1v) is 8.52. The molecule has 0 bridgehead atoms. The Morgan fingerprint density at radius 1 is 1.22 bits per heavy atom. The van der Waals surface area contributed by atoms with Gasteiger partial charge in [0.15, 0.2) is 0 Å². The summed E-state index contributed by atoms with van der Waals surface area (Å²) in [7, 11) is 0. The van der Waals surface area contributed by atoms with Crippen LogP contribution in [-0.4, -0.2) is 16.3 Å². The van der Waals surface area contributed by atoms with Gasteiger partial charge < -0.3 is 4.74 Å². The number of rotatable bonds is 5. The van der Waals surface area contributed by atoms with E-state index >= 15 is 0 Å². The van der Waals surface area contributed by atoms with Gasteiger partial charge in [-0.25, -0.2) is 0 Å². The highest BCUT2D eigenvalue weighted by molar-refractivity contribution is 9.12. The number of alkyl halides is 2. The molecule has 0 saturated heterocycles. The summed E-state index contributed by atoms with van der Waals surface area (Å²) in [6, 6.07) is 10.4. The smallest absolute Gasteiger partial charge is 0.0717 e. The Labute approximate surface area is 127 Å². The van der Waals surface area contributed by atoms with Gasteiger partial charge in [0.1, 0.15) is 0 Å². The molecule has 1 aromatic carbocycles. The zero-order valence-corrected chi connectivity index (χ0v) is 13.8. The highest BCUT2D eigenvalue weighted by Crippen LogP contribution is 2.42. The van der Waals surface area contributed by atoms with Crippen molar-refractivity contribution in [3.8, 4) is 0 Å². The predicted octanol–water partition coefficient (Wildman–Crippen LogP) is 4.92. The van der Waals surface area contributed by atoms with Crippen molar-refractivity contribution in [1.82, 2.24) is 0 Å². The van der Waals surface area contributed by atoms with E-state index in [0.29, 0.717) is 5.92 Å². The van der Waals surface area contributed by atoms with E-state index in [4.69, 9.17) is 4.74 Å². The summed E-state index contributed by atoms with van der Waals surface area (Å²) in [6.07, 6.45) is 5.18. The molecular formula is C15H20Br2O. The fraction of sp³-hybridized carbons (Fsp3) is 0.600. The van der Waals surface area contributed by atoms with Crippen LogP contribution in [0, 0.1) is 5.92 Å². The van der Waals surface area contributed by atoms with E-state index in [1.165, 1.54) is 31.2 Å². The molecule has 0 aliphatic heterocycles. The monoisotopic (exact) mass is 374 g/mol. The maximum atomic E-state index is 5.91. The molecule has 1 aromatic rings. The van der Waals surface area contributed by atoms with Crippen molar-refractivity contribution in [3.05, 3.63) is 35.9 Å². The normalized spacial score (nSPS) is 28.2. The Morgan fingerprint density at radius 2 is 2.00 bits per heavy atom. The molecule has 0 radical (unpaired) electrons. The van der Waals surface area contributed by atoms with Crippen molar-refractivity contribution >= 4 is 31.9 Å². The van der Waals surface area contributed by atoms with Gasteiger partial charge in [-0.15, -0.1) is 0 Å². The van der Waals surface area contributed by atoms with Crippen LogP contribution in [0.4, 0.5) is 0 Å². The van der Waals surface area contributed by atoms with Gasteiger partial charge in [-0.3, -0.25) is 0 Å². The average Bonchev–Trinajstić information content (AvgIpc) is 2.42. The molecule has 0 unspecified atom stereocenters. The van der Waals surface area contributed by atoms with Gasteiger partial charge in [0.2, 0.25) is 0 Å². The minimum absolute atomic E-state index is 0.238. The molecule has 0 N–H and O–H groups in total. The Hall–Kier alpha value is 0.140. The lowest BCUT2D eigenvalue weighted by molar-refractivity contribution is 0.0642. The van der Waals surface area contributed by atoms with Gasteiger partial charge >= 0.3 is 0 Å². The van der Waals surface area contributed by atoms with E-state index in [2.05, 4.69) is 56.1 Å². The van der Waals surface area contributed by atoms with Crippen molar-refractivity contribution in [1.29, 1.82) is 0 Å². The van der Waals surface area contributed by atoms with Crippen molar-refractivity contribution in [2.75, 3.05) is 11.9 Å². The second kappa shape index (κ2) is 7.06. The van der Waals surface area contributed by atoms with Crippen LogP contribution in [0.15, 0.2) is 30.3 Å². The Bertz CT molecular complexity index is 355. The molecule has 0 spiro atoms. The van der Waals surface area contributed by atoms with Gasteiger partial charge in [-0.2, -0.15) is 0 Å². The number of halogens is 2. The maximum Gasteiger partial charge on any atom is 0.0717 e. The zero-order chi connectivity index (χ0) is 12.8. The average molecular weight is 376 g/mol. The largest absolute Gasteiger partial charge is 0.376 e. The summed E-state index contributed by atoms with van der Waals surface area (Å²) < 4.78 is 6.14. The second-order valence-electron chi connectivity index (χ2n) is 5.11. The van der Waals surface area contributed by atoms with Gasteiger partial charge in [0.25, 0.3) is 0 Å². The second-order valence-corrected chi connectivity index (χ2v) is 7.25. The zero-order valence-electron chi connectivity index (χ0n) is 10.6. The first kappa shape index (κ1) is 14.5. The lowest BCUT2D eigenvalue weighted by atomic mass is 9.81. The SMILES string of the molecule is BrC[C@@]1(Br)CCCC[C@H]1COCc1ccccc1. The fourth-order valence-electron chi connectivity index (χ4n) is 2.57. The Balaban J connectivity index is 1.82. The Morgan fingerprint density at radius 3 is 2.72 bits per heavy atom. The lowest BCUT2D eigenvalue weighted by Gasteiger charge is -2.38. The third-order valence-corrected chi connectivity index (χ3v) is 6.86. The van der Waals surface area contributed by atoms with Crippen molar-refractivity contribution < 1.29 is 4.74 Å². The van der Waals surface area contributed by atoms with E-state index in [1.807, 2.05) is 6.07 Å². The molecule has 2 rings (SSSR count). The lowest BCUT2D eigenvalue weighted by Crippen LogP contribution is -2.39. The number of benzene rings is 1. The molecule has 0 aromatic heterocycles. The third kappa shape index (κ3) is 3.82. The Kier molecular flexibility index (Phi) is 5.71. The quantitative estimate of drug-likeness (QED) is 0.663. The highest BCUT2D eigenvalue weighted by Gasteiger charge is 2.37. The fourth-order valence-corrected chi connectivity index (χ4v) is 3.95. The molecular weight excluding hydrogens is 356 g/mol. The maximum absolute atomic E-state index is 5.91. The molecule has 1 aliphatic carbocycles. The van der Waals surface area contributed by atoms with Gasteiger partial charge in [0, 0.05) is 9.65 Å². The van der Waals surface area contributed by atoms with Crippen molar-refractivity contribution in [2.45, 2.75) is 36.6 Å². The van der Waals surface area contributed by atoms with E-state index in [-0.39, 0.29) is 4.32 Å². The molecule has 3 heteroatoms. The van der Waals surface area contributed by atoms with Gasteiger partial charge in [-0.05, 0) is 24.3 Å². The van der Waals surface area contributed by atoms with Crippen molar-refractivity contribution in [3.63, 3.8) is 0 Å². The summed E-state index contributed by atoms with van der Waals surface area (Å²) in [5.41, 5.74) is 1.26. The highest BCUT2D eigenvalue weighted by atomic mass is 79.9. The molecule has 1 saturated carbocycles. The van der Waals surface area contributed by atoms with Gasteiger partial charge in [-0.1, -0.05) is 75.0 Å². The van der Waals surface area contributed by atoms with Crippen LogP contribution in [0.2, 0.25) is 0 Å². The van der Waals surface area contributed by atoms with Crippen LogP contribution < -0.4 is 0 Å². The number of hydrogen-bond donors (Lipinski definition) is 0. The van der Waals surface area contributed by atoms with Crippen molar-refractivity contribution in [2.24, 2.45) is 5.92 Å². The van der Waals surface area contributed by atoms with Crippen LogP contribution >= 0.6 is 31.9 Å².